The standard InChI is InChI=1S/C10H12ClF2NO2S/c1-10(2,6-11)14-17(15,16)7-3-4-8(12)9(13)5-7/h3-5,14H,6H2,1-2H3. The minimum absolute atomic E-state index is 0.0515. The van der Waals surface area contributed by atoms with Crippen LogP contribution in [0.25, 0.3) is 0 Å². The SMILES string of the molecule is CC(C)(CCl)NS(=O)(=O)c1ccc(F)c(F)c1. The summed E-state index contributed by atoms with van der Waals surface area (Å²) in [4.78, 5) is -0.338. The number of hydrogen-bond donors (Lipinski definition) is 1. The van der Waals surface area contributed by atoms with Gasteiger partial charge in [-0.15, -0.1) is 11.6 Å². The zero-order valence-electron chi connectivity index (χ0n) is 9.30. The molecule has 1 aromatic rings. The van der Waals surface area contributed by atoms with Crippen molar-refractivity contribution >= 4 is 21.6 Å². The number of sulfonamides is 1. The maximum Gasteiger partial charge on any atom is 0.241 e. The van der Waals surface area contributed by atoms with Crippen LogP contribution in [0.5, 0.6) is 0 Å². The molecule has 0 aliphatic rings. The van der Waals surface area contributed by atoms with Gasteiger partial charge in [-0.2, -0.15) is 0 Å². The van der Waals surface area contributed by atoms with Crippen LogP contribution >= 0.6 is 11.6 Å². The zero-order valence-corrected chi connectivity index (χ0v) is 10.9. The Balaban J connectivity index is 3.10. The first kappa shape index (κ1) is 14.3. The van der Waals surface area contributed by atoms with Crippen LogP contribution in [0.2, 0.25) is 0 Å². The van der Waals surface area contributed by atoms with Gasteiger partial charge >= 0.3 is 0 Å². The Labute approximate surface area is 104 Å². The fourth-order valence-electron chi connectivity index (χ4n) is 1.09. The Kier molecular flexibility index (Phi) is 4.11. The van der Waals surface area contributed by atoms with Gasteiger partial charge in [-0.05, 0) is 32.0 Å². The van der Waals surface area contributed by atoms with Crippen LogP contribution in [-0.4, -0.2) is 19.8 Å². The lowest BCUT2D eigenvalue weighted by molar-refractivity contribution is 0.490. The normalized spacial score (nSPS) is 12.8. The molecule has 0 atom stereocenters. The molecule has 7 heteroatoms. The van der Waals surface area contributed by atoms with E-state index in [1.807, 2.05) is 0 Å². The molecule has 0 fully saturated rings. The topological polar surface area (TPSA) is 46.2 Å². The summed E-state index contributed by atoms with van der Waals surface area (Å²) in [6.45, 7) is 3.16. The van der Waals surface area contributed by atoms with E-state index in [4.69, 9.17) is 11.6 Å². The molecule has 0 heterocycles. The summed E-state index contributed by atoms with van der Waals surface area (Å²) in [5.74, 6) is -2.26. The lowest BCUT2D eigenvalue weighted by Crippen LogP contribution is -2.44. The van der Waals surface area contributed by atoms with Crippen molar-refractivity contribution in [3.8, 4) is 0 Å². The predicted molar refractivity (Wildman–Crippen MR) is 61.5 cm³/mol. The fourth-order valence-corrected chi connectivity index (χ4v) is 2.66. The van der Waals surface area contributed by atoms with E-state index in [0.717, 1.165) is 12.1 Å². The van der Waals surface area contributed by atoms with Gasteiger partial charge in [0, 0.05) is 11.4 Å². The number of rotatable bonds is 4. The van der Waals surface area contributed by atoms with E-state index >= 15 is 0 Å². The molecule has 3 nitrogen and oxygen atoms in total. The van der Waals surface area contributed by atoms with Crippen molar-refractivity contribution in [2.45, 2.75) is 24.3 Å². The summed E-state index contributed by atoms with van der Waals surface area (Å²) in [7, 11) is -3.91. The van der Waals surface area contributed by atoms with E-state index in [0.29, 0.717) is 6.07 Å². The summed E-state index contributed by atoms with van der Waals surface area (Å²) in [6.07, 6.45) is 0. The van der Waals surface area contributed by atoms with E-state index in [-0.39, 0.29) is 10.8 Å². The second-order valence-electron chi connectivity index (χ2n) is 4.20. The molecule has 0 unspecified atom stereocenters. The molecule has 1 rings (SSSR count). The first-order valence-electron chi connectivity index (χ1n) is 4.73. The number of halogens is 3. The van der Waals surface area contributed by atoms with Crippen molar-refractivity contribution in [3.05, 3.63) is 29.8 Å². The van der Waals surface area contributed by atoms with E-state index in [2.05, 4.69) is 4.72 Å². The molecule has 17 heavy (non-hydrogen) atoms. The fraction of sp³-hybridized carbons (Fsp3) is 0.400. The molecule has 0 aliphatic heterocycles. The molecule has 0 bridgehead atoms. The molecule has 96 valence electrons. The molecule has 0 saturated carbocycles. The summed E-state index contributed by atoms with van der Waals surface area (Å²) in [6, 6.07) is 2.38. The average molecular weight is 284 g/mol. The van der Waals surface area contributed by atoms with Crippen LogP contribution in [0.3, 0.4) is 0 Å². The van der Waals surface area contributed by atoms with E-state index in [9.17, 15) is 17.2 Å². The van der Waals surface area contributed by atoms with Crippen molar-refractivity contribution in [1.82, 2.24) is 4.72 Å². The molecular formula is C10H12ClF2NO2S. The average Bonchev–Trinajstić information content (AvgIpc) is 2.20. The molecular weight excluding hydrogens is 272 g/mol. The van der Waals surface area contributed by atoms with Crippen LogP contribution < -0.4 is 4.72 Å². The third-order valence-corrected chi connectivity index (χ3v) is 4.31. The summed E-state index contributed by atoms with van der Waals surface area (Å²) in [5.41, 5.74) is -0.870. The third-order valence-electron chi connectivity index (χ3n) is 1.95. The highest BCUT2D eigenvalue weighted by Gasteiger charge is 2.26. The minimum atomic E-state index is -3.91. The first-order valence-corrected chi connectivity index (χ1v) is 6.75. The van der Waals surface area contributed by atoms with Crippen LogP contribution in [0.4, 0.5) is 8.78 Å². The van der Waals surface area contributed by atoms with Crippen molar-refractivity contribution < 1.29 is 17.2 Å². The number of alkyl halides is 1. The largest absolute Gasteiger partial charge is 0.241 e. The van der Waals surface area contributed by atoms with Crippen LogP contribution in [0, 0.1) is 11.6 Å². The van der Waals surface area contributed by atoms with Gasteiger partial charge in [0.1, 0.15) is 0 Å². The van der Waals surface area contributed by atoms with Crippen molar-refractivity contribution in [3.63, 3.8) is 0 Å². The molecule has 1 N–H and O–H groups in total. The van der Waals surface area contributed by atoms with Gasteiger partial charge in [-0.25, -0.2) is 21.9 Å². The third kappa shape index (κ3) is 3.62. The van der Waals surface area contributed by atoms with Crippen molar-refractivity contribution in [2.24, 2.45) is 0 Å². The van der Waals surface area contributed by atoms with Gasteiger partial charge in [0.15, 0.2) is 11.6 Å². The molecule has 0 saturated heterocycles. The smallest absolute Gasteiger partial charge is 0.207 e. The molecule has 0 aromatic heterocycles. The Hall–Kier alpha value is -0.720. The highest BCUT2D eigenvalue weighted by Crippen LogP contribution is 2.16. The van der Waals surface area contributed by atoms with Gasteiger partial charge in [0.2, 0.25) is 10.0 Å². The number of hydrogen-bond acceptors (Lipinski definition) is 2. The monoisotopic (exact) mass is 283 g/mol. The Bertz CT molecular complexity index is 517. The predicted octanol–water partition coefficient (Wildman–Crippen LogP) is 2.26. The first-order chi connectivity index (χ1) is 7.68. The van der Waals surface area contributed by atoms with Gasteiger partial charge in [-0.3, -0.25) is 0 Å². The van der Waals surface area contributed by atoms with Crippen LogP contribution in [-0.2, 0) is 10.0 Å². The second-order valence-corrected chi connectivity index (χ2v) is 6.15. The highest BCUT2D eigenvalue weighted by atomic mass is 35.5. The maximum absolute atomic E-state index is 12.9. The maximum atomic E-state index is 12.9. The van der Waals surface area contributed by atoms with E-state index < -0.39 is 27.2 Å². The van der Waals surface area contributed by atoms with Gasteiger partial charge in [0.05, 0.1) is 4.90 Å². The molecule has 0 spiro atoms. The summed E-state index contributed by atoms with van der Waals surface area (Å²) < 4.78 is 51.5. The number of nitrogens with one attached hydrogen (secondary N) is 1. The molecule has 1 aromatic carbocycles. The molecule has 0 amide bonds. The lowest BCUT2D eigenvalue weighted by Gasteiger charge is -2.22. The minimum Gasteiger partial charge on any atom is -0.207 e. The van der Waals surface area contributed by atoms with Gasteiger partial charge < -0.3 is 0 Å². The van der Waals surface area contributed by atoms with Crippen molar-refractivity contribution in [1.29, 1.82) is 0 Å². The van der Waals surface area contributed by atoms with Crippen LogP contribution in [0.15, 0.2) is 23.1 Å². The van der Waals surface area contributed by atoms with Crippen LogP contribution in [0.1, 0.15) is 13.8 Å². The van der Waals surface area contributed by atoms with Crippen molar-refractivity contribution in [2.75, 3.05) is 5.88 Å². The Morgan fingerprint density at radius 3 is 2.35 bits per heavy atom. The second kappa shape index (κ2) is 4.88. The van der Waals surface area contributed by atoms with E-state index in [1.165, 1.54) is 0 Å². The highest BCUT2D eigenvalue weighted by molar-refractivity contribution is 7.89. The summed E-state index contributed by atoms with van der Waals surface area (Å²) in [5, 5.41) is 0. The molecule has 0 radical (unpaired) electrons. The van der Waals surface area contributed by atoms with E-state index in [1.54, 1.807) is 13.8 Å². The zero-order chi connectivity index (χ0) is 13.3. The molecule has 0 aliphatic carbocycles. The van der Waals surface area contributed by atoms with Gasteiger partial charge in [0.25, 0.3) is 0 Å². The van der Waals surface area contributed by atoms with Gasteiger partial charge in [-0.1, -0.05) is 0 Å². The quantitative estimate of drug-likeness (QED) is 0.862. The Morgan fingerprint density at radius 1 is 1.29 bits per heavy atom. The lowest BCUT2D eigenvalue weighted by atomic mass is 10.1. The number of benzene rings is 1. The summed E-state index contributed by atoms with van der Waals surface area (Å²) >= 11 is 5.58. The Morgan fingerprint density at radius 2 is 1.88 bits per heavy atom.